The number of rotatable bonds is 6. The zero-order valence-electron chi connectivity index (χ0n) is 15.0. The number of methoxy groups -OCH3 is 2. The Morgan fingerprint density at radius 1 is 1.08 bits per heavy atom. The van der Waals surface area contributed by atoms with Gasteiger partial charge in [-0.25, -0.2) is 0 Å². The van der Waals surface area contributed by atoms with Crippen molar-refractivity contribution < 1.29 is 14.2 Å². The van der Waals surface area contributed by atoms with Gasteiger partial charge in [-0.1, -0.05) is 12.1 Å². The molecule has 0 aromatic heterocycles. The van der Waals surface area contributed by atoms with Crippen LogP contribution < -0.4 is 4.74 Å². The normalized spacial score (nSPS) is 25.9. The predicted octanol–water partition coefficient (Wildman–Crippen LogP) is 1.87. The van der Waals surface area contributed by atoms with Gasteiger partial charge in [-0.05, 0) is 30.7 Å². The third-order valence-corrected chi connectivity index (χ3v) is 5.21. The van der Waals surface area contributed by atoms with Gasteiger partial charge < -0.3 is 19.1 Å². The van der Waals surface area contributed by atoms with Crippen molar-refractivity contribution in [2.24, 2.45) is 5.41 Å². The summed E-state index contributed by atoms with van der Waals surface area (Å²) in [4.78, 5) is 5.07. The van der Waals surface area contributed by atoms with Crippen LogP contribution in [-0.4, -0.2) is 76.6 Å². The van der Waals surface area contributed by atoms with Gasteiger partial charge in [-0.3, -0.25) is 4.90 Å². The zero-order chi connectivity index (χ0) is 16.8. The van der Waals surface area contributed by atoms with Gasteiger partial charge in [0.1, 0.15) is 5.75 Å². The lowest BCUT2D eigenvalue weighted by Crippen LogP contribution is -2.40. The summed E-state index contributed by atoms with van der Waals surface area (Å²) in [6, 6.07) is 8.41. The van der Waals surface area contributed by atoms with Crippen LogP contribution in [0, 0.1) is 5.41 Å². The summed E-state index contributed by atoms with van der Waals surface area (Å²) < 4.78 is 16.4. The van der Waals surface area contributed by atoms with Crippen molar-refractivity contribution in [2.75, 3.05) is 66.8 Å². The second-order valence-corrected chi connectivity index (χ2v) is 7.13. The third-order valence-electron chi connectivity index (χ3n) is 5.21. The van der Waals surface area contributed by atoms with E-state index in [2.05, 4.69) is 21.9 Å². The SMILES string of the molecule is COCCN1CC[C@@]2(COCCN(Cc3ccc(OC)cc3)C2)C1. The summed E-state index contributed by atoms with van der Waals surface area (Å²) in [7, 11) is 3.48. The Balaban J connectivity index is 1.60. The van der Waals surface area contributed by atoms with Crippen molar-refractivity contribution in [1.29, 1.82) is 0 Å². The Morgan fingerprint density at radius 2 is 1.88 bits per heavy atom. The molecular weight excluding hydrogens is 304 g/mol. The van der Waals surface area contributed by atoms with Crippen LogP contribution >= 0.6 is 0 Å². The summed E-state index contributed by atoms with van der Waals surface area (Å²) >= 11 is 0. The van der Waals surface area contributed by atoms with E-state index in [0.29, 0.717) is 0 Å². The molecule has 5 heteroatoms. The van der Waals surface area contributed by atoms with Crippen molar-refractivity contribution in [1.82, 2.24) is 9.80 Å². The molecule has 0 amide bonds. The molecule has 134 valence electrons. The van der Waals surface area contributed by atoms with Gasteiger partial charge in [0, 0.05) is 45.2 Å². The molecule has 0 bridgehead atoms. The largest absolute Gasteiger partial charge is 0.497 e. The molecule has 1 atom stereocenters. The molecule has 24 heavy (non-hydrogen) atoms. The molecule has 2 saturated heterocycles. The maximum atomic E-state index is 5.97. The highest BCUT2D eigenvalue weighted by molar-refractivity contribution is 5.27. The smallest absolute Gasteiger partial charge is 0.118 e. The van der Waals surface area contributed by atoms with Gasteiger partial charge in [-0.2, -0.15) is 0 Å². The topological polar surface area (TPSA) is 34.2 Å². The fraction of sp³-hybridized carbons (Fsp3) is 0.684. The summed E-state index contributed by atoms with van der Waals surface area (Å²) in [6.45, 7) is 8.93. The second-order valence-electron chi connectivity index (χ2n) is 7.13. The van der Waals surface area contributed by atoms with Gasteiger partial charge in [-0.15, -0.1) is 0 Å². The average Bonchev–Trinajstić information content (AvgIpc) is 2.89. The highest BCUT2D eigenvalue weighted by Crippen LogP contribution is 2.33. The van der Waals surface area contributed by atoms with Crippen molar-refractivity contribution in [3.8, 4) is 5.75 Å². The van der Waals surface area contributed by atoms with Crippen LogP contribution in [0.15, 0.2) is 24.3 Å². The van der Waals surface area contributed by atoms with E-state index in [1.165, 1.54) is 12.0 Å². The maximum absolute atomic E-state index is 5.97. The predicted molar refractivity (Wildman–Crippen MR) is 94.5 cm³/mol. The Hall–Kier alpha value is -1.14. The molecule has 2 heterocycles. The van der Waals surface area contributed by atoms with E-state index in [4.69, 9.17) is 14.2 Å². The van der Waals surface area contributed by atoms with Crippen molar-refractivity contribution >= 4 is 0 Å². The first-order chi connectivity index (χ1) is 11.7. The number of hydrogen-bond acceptors (Lipinski definition) is 5. The monoisotopic (exact) mass is 334 g/mol. The van der Waals surface area contributed by atoms with E-state index in [-0.39, 0.29) is 5.41 Å². The maximum Gasteiger partial charge on any atom is 0.118 e. The molecule has 5 nitrogen and oxygen atoms in total. The highest BCUT2D eigenvalue weighted by atomic mass is 16.5. The molecule has 2 fully saturated rings. The van der Waals surface area contributed by atoms with Crippen LogP contribution in [0.4, 0.5) is 0 Å². The van der Waals surface area contributed by atoms with Crippen LogP contribution in [-0.2, 0) is 16.0 Å². The minimum absolute atomic E-state index is 0.275. The van der Waals surface area contributed by atoms with Gasteiger partial charge in [0.2, 0.25) is 0 Å². The van der Waals surface area contributed by atoms with E-state index < -0.39 is 0 Å². The summed E-state index contributed by atoms with van der Waals surface area (Å²) in [5.74, 6) is 0.916. The molecule has 0 N–H and O–H groups in total. The van der Waals surface area contributed by atoms with E-state index >= 15 is 0 Å². The molecule has 2 aliphatic rings. The molecule has 0 aliphatic carbocycles. The third kappa shape index (κ3) is 4.48. The van der Waals surface area contributed by atoms with Crippen molar-refractivity contribution in [3.05, 3.63) is 29.8 Å². The lowest BCUT2D eigenvalue weighted by Gasteiger charge is -2.32. The molecule has 1 aromatic carbocycles. The average molecular weight is 334 g/mol. The Labute approximate surface area is 145 Å². The number of likely N-dealkylation sites (tertiary alicyclic amines) is 1. The van der Waals surface area contributed by atoms with Crippen LogP contribution in [0.3, 0.4) is 0 Å². The Bertz CT molecular complexity index is 508. The first-order valence-corrected chi connectivity index (χ1v) is 8.87. The number of ether oxygens (including phenoxy) is 3. The first-order valence-electron chi connectivity index (χ1n) is 8.87. The van der Waals surface area contributed by atoms with Crippen LogP contribution in [0.1, 0.15) is 12.0 Å². The summed E-state index contributed by atoms with van der Waals surface area (Å²) in [5.41, 5.74) is 1.61. The Kier molecular flexibility index (Phi) is 6.11. The number of benzene rings is 1. The summed E-state index contributed by atoms with van der Waals surface area (Å²) in [5, 5.41) is 0. The molecule has 0 saturated carbocycles. The lowest BCUT2D eigenvalue weighted by molar-refractivity contribution is 0.0682. The van der Waals surface area contributed by atoms with Gasteiger partial charge in [0.25, 0.3) is 0 Å². The van der Waals surface area contributed by atoms with E-state index in [1.807, 2.05) is 12.1 Å². The molecule has 0 unspecified atom stereocenters. The molecule has 1 spiro atoms. The van der Waals surface area contributed by atoms with Gasteiger partial charge in [0.05, 0.1) is 26.9 Å². The van der Waals surface area contributed by atoms with Crippen molar-refractivity contribution in [3.63, 3.8) is 0 Å². The number of hydrogen-bond donors (Lipinski definition) is 0. The Morgan fingerprint density at radius 3 is 2.62 bits per heavy atom. The highest BCUT2D eigenvalue weighted by Gasteiger charge is 2.40. The number of nitrogens with zero attached hydrogens (tertiary/aromatic N) is 2. The fourth-order valence-corrected chi connectivity index (χ4v) is 3.89. The molecule has 3 rings (SSSR count). The molecule has 1 aromatic rings. The molecular formula is C19H30N2O3. The van der Waals surface area contributed by atoms with Crippen molar-refractivity contribution in [2.45, 2.75) is 13.0 Å². The fourth-order valence-electron chi connectivity index (χ4n) is 3.89. The lowest BCUT2D eigenvalue weighted by atomic mass is 9.87. The summed E-state index contributed by atoms with van der Waals surface area (Å²) in [6.07, 6.45) is 1.22. The standard InChI is InChI=1S/C19H30N2O3/c1-22-11-9-20-8-7-19(14-20)15-21(10-12-24-16-19)13-17-3-5-18(23-2)6-4-17/h3-6H,7-16H2,1-2H3/t19-/m1/s1. The molecule has 2 aliphatic heterocycles. The van der Waals surface area contributed by atoms with Crippen LogP contribution in [0.2, 0.25) is 0 Å². The minimum atomic E-state index is 0.275. The second kappa shape index (κ2) is 8.30. The minimum Gasteiger partial charge on any atom is -0.497 e. The van der Waals surface area contributed by atoms with E-state index in [1.54, 1.807) is 14.2 Å². The van der Waals surface area contributed by atoms with Gasteiger partial charge >= 0.3 is 0 Å². The first kappa shape index (κ1) is 17.7. The van der Waals surface area contributed by atoms with Crippen LogP contribution in [0.25, 0.3) is 0 Å². The van der Waals surface area contributed by atoms with Crippen LogP contribution in [0.5, 0.6) is 5.75 Å². The van der Waals surface area contributed by atoms with Gasteiger partial charge in [0.15, 0.2) is 0 Å². The zero-order valence-corrected chi connectivity index (χ0v) is 15.0. The van der Waals surface area contributed by atoms with E-state index in [0.717, 1.165) is 64.8 Å². The quantitative estimate of drug-likeness (QED) is 0.793. The molecule has 0 radical (unpaired) electrons. The van der Waals surface area contributed by atoms with E-state index in [9.17, 15) is 0 Å².